The van der Waals surface area contributed by atoms with Crippen molar-refractivity contribution < 1.29 is 9.53 Å². The first-order valence-corrected chi connectivity index (χ1v) is 5.64. The number of nitrogens with one attached hydrogen (secondary N) is 1. The van der Waals surface area contributed by atoms with Crippen molar-refractivity contribution in [2.45, 2.75) is 6.42 Å². The maximum absolute atomic E-state index is 11.4. The molecule has 1 heterocycles. The smallest absolute Gasteiger partial charge is 0.354 e. The average molecular weight is 242 g/mol. The Morgan fingerprint density at radius 3 is 3.00 bits per heavy atom. The van der Waals surface area contributed by atoms with Crippen LogP contribution < -0.4 is 5.73 Å². The highest BCUT2D eigenvalue weighted by Gasteiger charge is 2.08. The number of esters is 1. The molecule has 0 radical (unpaired) electrons. The topological polar surface area (TPSA) is 68.1 Å². The summed E-state index contributed by atoms with van der Waals surface area (Å²) in [5, 5.41) is 0.958. The number of aromatic nitrogens is 1. The lowest BCUT2D eigenvalue weighted by Gasteiger charge is -1.93. The Bertz CT molecular complexity index is 632. The molecule has 0 aliphatic carbocycles. The molecule has 0 aliphatic rings. The Hall–Kier alpha value is -2.25. The molecule has 0 saturated carbocycles. The van der Waals surface area contributed by atoms with E-state index < -0.39 is 0 Å². The van der Waals surface area contributed by atoms with Crippen LogP contribution in [0.4, 0.5) is 0 Å². The lowest BCUT2D eigenvalue weighted by molar-refractivity contribution is 0.0595. The van der Waals surface area contributed by atoms with Crippen LogP contribution in [-0.2, 0) is 4.74 Å². The van der Waals surface area contributed by atoms with Gasteiger partial charge in [-0.05, 0) is 18.2 Å². The van der Waals surface area contributed by atoms with E-state index in [0.29, 0.717) is 18.7 Å². The van der Waals surface area contributed by atoms with Gasteiger partial charge in [0.05, 0.1) is 7.11 Å². The summed E-state index contributed by atoms with van der Waals surface area (Å²) in [5.74, 6) is 5.63. The number of hydrogen-bond acceptors (Lipinski definition) is 3. The van der Waals surface area contributed by atoms with Crippen molar-refractivity contribution in [3.8, 4) is 11.8 Å². The number of nitrogens with two attached hydrogens (primary N) is 1. The first-order valence-electron chi connectivity index (χ1n) is 5.64. The molecule has 0 atom stereocenters. The zero-order chi connectivity index (χ0) is 13.0. The van der Waals surface area contributed by atoms with Gasteiger partial charge in [-0.25, -0.2) is 4.79 Å². The molecular weight excluding hydrogens is 228 g/mol. The van der Waals surface area contributed by atoms with Gasteiger partial charge in [0.15, 0.2) is 0 Å². The van der Waals surface area contributed by atoms with Gasteiger partial charge < -0.3 is 15.5 Å². The summed E-state index contributed by atoms with van der Waals surface area (Å²) in [6, 6.07) is 7.51. The third-order valence-electron chi connectivity index (χ3n) is 2.53. The molecule has 0 bridgehead atoms. The SMILES string of the molecule is COC(=O)c1cc2ccc(C#CCCN)cc2[nH]1. The minimum absolute atomic E-state index is 0.373. The number of carbonyl (C=O) groups excluding carboxylic acids is 1. The summed E-state index contributed by atoms with van der Waals surface area (Å²) in [4.78, 5) is 14.4. The Balaban J connectivity index is 2.34. The molecule has 2 aromatic rings. The van der Waals surface area contributed by atoms with Crippen LogP contribution in [0, 0.1) is 11.8 Å². The lowest BCUT2D eigenvalue weighted by atomic mass is 10.1. The van der Waals surface area contributed by atoms with Gasteiger partial charge in [-0.3, -0.25) is 0 Å². The number of fused-ring (bicyclic) bond motifs is 1. The number of rotatable bonds is 2. The van der Waals surface area contributed by atoms with Gasteiger partial charge in [-0.2, -0.15) is 0 Å². The highest BCUT2D eigenvalue weighted by molar-refractivity contribution is 5.95. The van der Waals surface area contributed by atoms with E-state index in [1.807, 2.05) is 18.2 Å². The average Bonchev–Trinajstić information content (AvgIpc) is 2.81. The number of hydrogen-bond donors (Lipinski definition) is 2. The summed E-state index contributed by atoms with van der Waals surface area (Å²) >= 11 is 0. The fourth-order valence-electron chi connectivity index (χ4n) is 1.66. The van der Waals surface area contributed by atoms with Crippen molar-refractivity contribution in [2.75, 3.05) is 13.7 Å². The van der Waals surface area contributed by atoms with E-state index in [4.69, 9.17) is 5.73 Å². The summed E-state index contributed by atoms with van der Waals surface area (Å²) in [7, 11) is 1.36. The number of aromatic amines is 1. The fraction of sp³-hybridized carbons (Fsp3) is 0.214. The Morgan fingerprint density at radius 2 is 2.28 bits per heavy atom. The standard InChI is InChI=1S/C14H14N2O2/c1-18-14(17)13-9-11-6-5-10(4-2-3-7-15)8-12(11)16-13/h5-6,8-9,16H,3,7,15H2,1H3. The molecule has 3 N–H and O–H groups in total. The van der Waals surface area contributed by atoms with Crippen molar-refractivity contribution in [1.29, 1.82) is 0 Å². The molecule has 1 aromatic carbocycles. The molecule has 1 aromatic heterocycles. The summed E-state index contributed by atoms with van der Waals surface area (Å²) in [5.41, 5.74) is 7.59. The summed E-state index contributed by atoms with van der Waals surface area (Å²) in [6.07, 6.45) is 0.677. The van der Waals surface area contributed by atoms with E-state index in [9.17, 15) is 4.79 Å². The van der Waals surface area contributed by atoms with Gasteiger partial charge in [0.1, 0.15) is 5.69 Å². The Labute approximate surface area is 105 Å². The van der Waals surface area contributed by atoms with Gasteiger partial charge in [-0.15, -0.1) is 0 Å². The van der Waals surface area contributed by atoms with Gasteiger partial charge in [0, 0.05) is 29.4 Å². The number of methoxy groups -OCH3 is 1. The maximum atomic E-state index is 11.4. The predicted molar refractivity (Wildman–Crippen MR) is 70.2 cm³/mol. The molecule has 2 rings (SSSR count). The monoisotopic (exact) mass is 242 g/mol. The van der Waals surface area contributed by atoms with Crippen LogP contribution in [0.2, 0.25) is 0 Å². The number of carbonyl (C=O) groups is 1. The van der Waals surface area contributed by atoms with Crippen LogP contribution in [0.3, 0.4) is 0 Å². The van der Waals surface area contributed by atoms with Crippen molar-refractivity contribution in [3.05, 3.63) is 35.5 Å². The second-order valence-corrected chi connectivity index (χ2v) is 3.82. The normalized spacial score (nSPS) is 9.89. The molecule has 0 spiro atoms. The zero-order valence-corrected chi connectivity index (χ0v) is 10.1. The van der Waals surface area contributed by atoms with Crippen LogP contribution in [0.15, 0.2) is 24.3 Å². The predicted octanol–water partition coefficient (Wildman–Crippen LogP) is 1.65. The molecule has 4 heteroatoms. The fourth-order valence-corrected chi connectivity index (χ4v) is 1.66. The first kappa shape index (κ1) is 12.2. The third kappa shape index (κ3) is 2.53. The van der Waals surface area contributed by atoms with Gasteiger partial charge in [0.25, 0.3) is 0 Å². The minimum Gasteiger partial charge on any atom is -0.464 e. The number of benzene rings is 1. The highest BCUT2D eigenvalue weighted by Crippen LogP contribution is 2.17. The Morgan fingerprint density at radius 1 is 1.44 bits per heavy atom. The van der Waals surface area contributed by atoms with Gasteiger partial charge >= 0.3 is 5.97 Å². The lowest BCUT2D eigenvalue weighted by Crippen LogP contribution is -2.00. The molecule has 0 fully saturated rings. The molecule has 0 saturated heterocycles. The van der Waals surface area contributed by atoms with Crippen molar-refractivity contribution in [2.24, 2.45) is 5.73 Å². The molecule has 0 aliphatic heterocycles. The molecular formula is C14H14N2O2. The van der Waals surface area contributed by atoms with E-state index >= 15 is 0 Å². The summed E-state index contributed by atoms with van der Waals surface area (Å²) in [6.45, 7) is 0.560. The number of ether oxygens (including phenoxy) is 1. The van der Waals surface area contributed by atoms with Crippen LogP contribution in [0.1, 0.15) is 22.5 Å². The molecule has 4 nitrogen and oxygen atoms in total. The van der Waals surface area contributed by atoms with Crippen LogP contribution in [-0.4, -0.2) is 24.6 Å². The van der Waals surface area contributed by atoms with E-state index in [-0.39, 0.29) is 5.97 Å². The second-order valence-electron chi connectivity index (χ2n) is 3.82. The quantitative estimate of drug-likeness (QED) is 0.621. The minimum atomic E-state index is -0.373. The second kappa shape index (κ2) is 5.39. The van der Waals surface area contributed by atoms with E-state index in [0.717, 1.165) is 16.5 Å². The molecule has 92 valence electrons. The van der Waals surface area contributed by atoms with Crippen LogP contribution >= 0.6 is 0 Å². The third-order valence-corrected chi connectivity index (χ3v) is 2.53. The molecule has 0 unspecified atom stereocenters. The Kier molecular flexibility index (Phi) is 3.66. The van der Waals surface area contributed by atoms with E-state index in [1.54, 1.807) is 6.07 Å². The first-order chi connectivity index (χ1) is 8.74. The zero-order valence-electron chi connectivity index (χ0n) is 10.1. The molecule has 18 heavy (non-hydrogen) atoms. The van der Waals surface area contributed by atoms with Crippen molar-refractivity contribution in [3.63, 3.8) is 0 Å². The van der Waals surface area contributed by atoms with Gasteiger partial charge in [0.2, 0.25) is 0 Å². The highest BCUT2D eigenvalue weighted by atomic mass is 16.5. The van der Waals surface area contributed by atoms with Crippen LogP contribution in [0.5, 0.6) is 0 Å². The maximum Gasteiger partial charge on any atom is 0.354 e. The largest absolute Gasteiger partial charge is 0.464 e. The van der Waals surface area contributed by atoms with Gasteiger partial charge in [-0.1, -0.05) is 17.9 Å². The molecule has 0 amide bonds. The number of H-pyrrole nitrogens is 1. The van der Waals surface area contributed by atoms with E-state index in [1.165, 1.54) is 7.11 Å². The van der Waals surface area contributed by atoms with Crippen LogP contribution in [0.25, 0.3) is 10.9 Å². The van der Waals surface area contributed by atoms with Crippen molar-refractivity contribution in [1.82, 2.24) is 4.98 Å². The van der Waals surface area contributed by atoms with E-state index in [2.05, 4.69) is 21.6 Å². The van der Waals surface area contributed by atoms with Crippen molar-refractivity contribution >= 4 is 16.9 Å². The summed E-state index contributed by atoms with van der Waals surface area (Å²) < 4.78 is 4.66.